The van der Waals surface area contributed by atoms with Crippen LogP contribution in [0, 0.1) is 0 Å². The summed E-state index contributed by atoms with van der Waals surface area (Å²) < 4.78 is 2.10. The molecule has 0 unspecified atom stereocenters. The van der Waals surface area contributed by atoms with Crippen molar-refractivity contribution >= 4 is 50.2 Å². The van der Waals surface area contributed by atoms with Gasteiger partial charge in [-0.1, -0.05) is 23.2 Å². The van der Waals surface area contributed by atoms with E-state index in [1.54, 1.807) is 13.1 Å². The topological polar surface area (TPSA) is 34.9 Å². The molecule has 0 N–H and O–H groups in total. The highest BCUT2D eigenvalue weighted by molar-refractivity contribution is 9.10. The molecule has 6 heteroatoms. The number of aryl methyl sites for hydroxylation is 1. The van der Waals surface area contributed by atoms with Gasteiger partial charge in [0.25, 0.3) is 5.56 Å². The molecule has 78 valence electrons. The van der Waals surface area contributed by atoms with Crippen molar-refractivity contribution < 1.29 is 0 Å². The van der Waals surface area contributed by atoms with E-state index in [0.29, 0.717) is 25.7 Å². The van der Waals surface area contributed by atoms with E-state index >= 15 is 0 Å². The second-order valence-electron chi connectivity index (χ2n) is 3.02. The van der Waals surface area contributed by atoms with Crippen molar-refractivity contribution in [3.05, 3.63) is 37.1 Å². The number of fused-ring (bicyclic) bond motifs is 1. The van der Waals surface area contributed by atoms with Gasteiger partial charge in [-0.25, -0.2) is 4.98 Å². The minimum atomic E-state index is -0.177. The van der Waals surface area contributed by atoms with Crippen LogP contribution in [0.4, 0.5) is 0 Å². The summed E-state index contributed by atoms with van der Waals surface area (Å²) in [6, 6.07) is 3.04. The van der Waals surface area contributed by atoms with Gasteiger partial charge < -0.3 is 4.57 Å². The van der Waals surface area contributed by atoms with Crippen LogP contribution in [0.5, 0.6) is 0 Å². The zero-order valence-electron chi connectivity index (χ0n) is 7.59. The predicted octanol–water partition coefficient (Wildman–Crippen LogP) is 3.00. The number of rotatable bonds is 0. The van der Waals surface area contributed by atoms with E-state index in [1.807, 2.05) is 0 Å². The van der Waals surface area contributed by atoms with Gasteiger partial charge >= 0.3 is 0 Å². The number of nitrogens with zero attached hydrogens (tertiary/aromatic N) is 2. The van der Waals surface area contributed by atoms with Crippen LogP contribution in [0.25, 0.3) is 11.0 Å². The first-order valence-electron chi connectivity index (χ1n) is 4.02. The van der Waals surface area contributed by atoms with Gasteiger partial charge in [-0.15, -0.1) is 0 Å². The lowest BCUT2D eigenvalue weighted by molar-refractivity contribution is 0.903. The largest absolute Gasteiger partial charge is 0.310 e. The van der Waals surface area contributed by atoms with Crippen molar-refractivity contribution in [3.8, 4) is 0 Å². The van der Waals surface area contributed by atoms with Crippen molar-refractivity contribution in [1.82, 2.24) is 9.55 Å². The van der Waals surface area contributed by atoms with Gasteiger partial charge in [0.1, 0.15) is 10.7 Å². The average molecular weight is 308 g/mol. The molecule has 2 aromatic heterocycles. The van der Waals surface area contributed by atoms with E-state index in [2.05, 4.69) is 20.9 Å². The van der Waals surface area contributed by atoms with Gasteiger partial charge in [-0.2, -0.15) is 0 Å². The summed E-state index contributed by atoms with van der Waals surface area (Å²) in [5.41, 5.74) is 0.985. The number of pyridine rings is 2. The molecule has 0 aromatic carbocycles. The first-order valence-corrected chi connectivity index (χ1v) is 5.57. The Kier molecular flexibility index (Phi) is 2.75. The average Bonchev–Trinajstić information content (AvgIpc) is 2.18. The second kappa shape index (κ2) is 3.77. The minimum absolute atomic E-state index is 0.177. The second-order valence-corrected chi connectivity index (χ2v) is 4.64. The van der Waals surface area contributed by atoms with Crippen molar-refractivity contribution in [3.63, 3.8) is 0 Å². The van der Waals surface area contributed by atoms with Crippen molar-refractivity contribution in [2.24, 2.45) is 7.05 Å². The lowest BCUT2D eigenvalue weighted by Gasteiger charge is -2.06. The van der Waals surface area contributed by atoms with Gasteiger partial charge in [0.15, 0.2) is 0 Å². The fraction of sp³-hybridized carbons (Fsp3) is 0.111. The van der Waals surface area contributed by atoms with E-state index in [0.717, 1.165) is 0 Å². The molecule has 0 radical (unpaired) electrons. The number of halogens is 3. The Balaban J connectivity index is 3.04. The summed E-state index contributed by atoms with van der Waals surface area (Å²) in [4.78, 5) is 15.6. The van der Waals surface area contributed by atoms with Gasteiger partial charge in [-0.05, 0) is 22.0 Å². The quantitative estimate of drug-likeness (QED) is 0.701. The van der Waals surface area contributed by atoms with E-state index in [9.17, 15) is 4.79 Å². The molecule has 0 aliphatic heterocycles. The Morgan fingerprint density at radius 2 is 2.07 bits per heavy atom. The Hall–Kier alpha value is -0.580. The molecule has 2 heterocycles. The SMILES string of the molecule is Cn1c(=O)cc(Cl)c2nc(Cl)c(Br)cc21. The molecule has 0 saturated carbocycles. The smallest absolute Gasteiger partial charge is 0.252 e. The van der Waals surface area contributed by atoms with Crippen molar-refractivity contribution in [2.45, 2.75) is 0 Å². The minimum Gasteiger partial charge on any atom is -0.310 e. The van der Waals surface area contributed by atoms with Gasteiger partial charge in [0.05, 0.1) is 15.0 Å². The maximum absolute atomic E-state index is 11.5. The highest BCUT2D eigenvalue weighted by Crippen LogP contribution is 2.27. The predicted molar refractivity (Wildman–Crippen MR) is 64.7 cm³/mol. The maximum atomic E-state index is 11.5. The molecular formula is C9H5BrCl2N2O. The molecule has 3 nitrogen and oxygen atoms in total. The lowest BCUT2D eigenvalue weighted by Crippen LogP contribution is -2.16. The van der Waals surface area contributed by atoms with Crippen LogP contribution < -0.4 is 5.56 Å². The van der Waals surface area contributed by atoms with E-state index in [1.165, 1.54) is 10.6 Å². The molecule has 15 heavy (non-hydrogen) atoms. The molecule has 0 aliphatic carbocycles. The summed E-state index contributed by atoms with van der Waals surface area (Å²) in [5.74, 6) is 0. The van der Waals surface area contributed by atoms with Crippen LogP contribution in [0.3, 0.4) is 0 Å². The molecule has 0 spiro atoms. The highest BCUT2D eigenvalue weighted by atomic mass is 79.9. The fourth-order valence-electron chi connectivity index (χ4n) is 1.28. The summed E-state index contributed by atoms with van der Waals surface area (Å²) >= 11 is 15.0. The first kappa shape index (κ1) is 10.9. The number of hydrogen-bond donors (Lipinski definition) is 0. The Labute approximate surface area is 104 Å². The third kappa shape index (κ3) is 1.77. The van der Waals surface area contributed by atoms with E-state index in [-0.39, 0.29) is 5.56 Å². The molecule has 2 rings (SSSR count). The van der Waals surface area contributed by atoms with Crippen LogP contribution in [-0.4, -0.2) is 9.55 Å². The highest BCUT2D eigenvalue weighted by Gasteiger charge is 2.09. The van der Waals surface area contributed by atoms with Gasteiger partial charge in [-0.3, -0.25) is 4.79 Å². The summed E-state index contributed by atoms with van der Waals surface area (Å²) in [6.45, 7) is 0. The van der Waals surface area contributed by atoms with Gasteiger partial charge in [0, 0.05) is 13.1 Å². The summed E-state index contributed by atoms with van der Waals surface area (Å²) in [6.07, 6.45) is 0. The summed E-state index contributed by atoms with van der Waals surface area (Å²) in [5, 5.41) is 0.630. The molecule has 0 amide bonds. The van der Waals surface area contributed by atoms with Crippen molar-refractivity contribution in [2.75, 3.05) is 0 Å². The summed E-state index contributed by atoms with van der Waals surface area (Å²) in [7, 11) is 1.66. The number of aromatic nitrogens is 2. The zero-order valence-corrected chi connectivity index (χ0v) is 10.7. The molecule has 0 atom stereocenters. The van der Waals surface area contributed by atoms with Gasteiger partial charge in [0.2, 0.25) is 0 Å². The standard InChI is InChI=1S/C9H5BrCl2N2O/c1-14-6-2-4(10)9(12)13-8(6)5(11)3-7(14)15/h2-3H,1H3. The Bertz CT molecular complexity index is 609. The van der Waals surface area contributed by atoms with Crippen LogP contribution in [0.2, 0.25) is 10.2 Å². The molecule has 0 aliphatic rings. The van der Waals surface area contributed by atoms with E-state index in [4.69, 9.17) is 23.2 Å². The monoisotopic (exact) mass is 306 g/mol. The molecule has 0 bridgehead atoms. The van der Waals surface area contributed by atoms with Crippen LogP contribution in [0.1, 0.15) is 0 Å². The molecule has 0 saturated heterocycles. The third-order valence-electron chi connectivity index (χ3n) is 2.08. The Morgan fingerprint density at radius 3 is 2.73 bits per heavy atom. The van der Waals surface area contributed by atoms with Crippen molar-refractivity contribution in [1.29, 1.82) is 0 Å². The third-order valence-corrected chi connectivity index (χ3v) is 3.49. The number of hydrogen-bond acceptors (Lipinski definition) is 2. The maximum Gasteiger partial charge on any atom is 0.252 e. The molecule has 2 aromatic rings. The lowest BCUT2D eigenvalue weighted by atomic mass is 10.3. The van der Waals surface area contributed by atoms with E-state index < -0.39 is 0 Å². The first-order chi connectivity index (χ1) is 7.00. The Morgan fingerprint density at radius 1 is 1.40 bits per heavy atom. The fourth-order valence-corrected chi connectivity index (χ4v) is 1.96. The van der Waals surface area contributed by atoms with Crippen LogP contribution in [-0.2, 0) is 7.05 Å². The molecule has 0 fully saturated rings. The zero-order chi connectivity index (χ0) is 11.2. The normalized spacial score (nSPS) is 10.9. The molecular weight excluding hydrogens is 303 g/mol. The van der Waals surface area contributed by atoms with Crippen LogP contribution >= 0.6 is 39.1 Å². The van der Waals surface area contributed by atoms with Crippen LogP contribution in [0.15, 0.2) is 21.4 Å².